The minimum absolute atomic E-state index is 0.0528. The fraction of sp³-hybridized carbons (Fsp3) is 0.880. The van der Waals surface area contributed by atoms with Crippen LogP contribution >= 0.6 is 0 Å². The van der Waals surface area contributed by atoms with Crippen LogP contribution in [0.4, 0.5) is 0 Å². The number of rotatable bonds is 17. The van der Waals surface area contributed by atoms with Crippen molar-refractivity contribution in [3.8, 4) is 0 Å². The zero-order valence-corrected chi connectivity index (χ0v) is 18.3. The first-order valence-corrected chi connectivity index (χ1v) is 12.1. The molecule has 0 bridgehead atoms. The predicted molar refractivity (Wildman–Crippen MR) is 116 cm³/mol. The van der Waals surface area contributed by atoms with Gasteiger partial charge in [0.25, 0.3) is 0 Å². The summed E-state index contributed by atoms with van der Waals surface area (Å²) in [6, 6.07) is 0.518. The second kappa shape index (κ2) is 10.2. The summed E-state index contributed by atoms with van der Waals surface area (Å²) in [5.74, 6) is 1.39. The summed E-state index contributed by atoms with van der Waals surface area (Å²) in [5.41, 5.74) is 0.406. The largest absolute Gasteiger partial charge is 0.501 e. The lowest BCUT2D eigenvalue weighted by Gasteiger charge is -2.16. The van der Waals surface area contributed by atoms with Crippen molar-refractivity contribution in [2.24, 2.45) is 10.8 Å². The maximum atomic E-state index is 12.3. The summed E-state index contributed by atoms with van der Waals surface area (Å²) < 4.78 is 5.36. The van der Waals surface area contributed by atoms with E-state index in [9.17, 15) is 4.79 Å². The van der Waals surface area contributed by atoms with Gasteiger partial charge in [-0.15, -0.1) is 0 Å². The number of nitrogens with one attached hydrogen (secondary N) is 1. The average Bonchev–Trinajstić information content (AvgIpc) is 3.53. The van der Waals surface area contributed by atoms with Crippen molar-refractivity contribution in [2.45, 2.75) is 122 Å². The Balaban J connectivity index is 1.08. The van der Waals surface area contributed by atoms with Crippen LogP contribution in [0.1, 0.15) is 116 Å². The van der Waals surface area contributed by atoms with Crippen LogP contribution in [-0.2, 0) is 9.53 Å². The normalized spacial score (nSPS) is 21.2. The third kappa shape index (κ3) is 6.52. The standard InChI is InChI=1S/C25H43NO2/c1-21(28-2)24(17-18-24)15-11-9-7-5-3-4-6-8-10-12-16-25(19-20-25)23(27)26-22-13-14-22/h22H,1,3-20H2,2H3,(H,26,27). The Bertz CT molecular complexity index is 515. The molecule has 0 atom stereocenters. The van der Waals surface area contributed by atoms with Crippen molar-refractivity contribution in [1.82, 2.24) is 5.32 Å². The van der Waals surface area contributed by atoms with Crippen molar-refractivity contribution < 1.29 is 9.53 Å². The van der Waals surface area contributed by atoms with E-state index in [1.807, 2.05) is 0 Å². The molecule has 1 N–H and O–H groups in total. The van der Waals surface area contributed by atoms with Gasteiger partial charge >= 0.3 is 0 Å². The number of methoxy groups -OCH3 is 1. The Kier molecular flexibility index (Phi) is 7.88. The topological polar surface area (TPSA) is 38.3 Å². The van der Waals surface area contributed by atoms with Crippen molar-refractivity contribution in [1.29, 1.82) is 0 Å². The summed E-state index contributed by atoms with van der Waals surface area (Å²) in [4.78, 5) is 12.3. The van der Waals surface area contributed by atoms with Crippen LogP contribution in [0.5, 0.6) is 0 Å². The molecule has 3 fully saturated rings. The summed E-state index contributed by atoms with van der Waals surface area (Å²) in [7, 11) is 1.76. The zero-order chi connectivity index (χ0) is 19.9. The van der Waals surface area contributed by atoms with Crippen molar-refractivity contribution in [2.75, 3.05) is 7.11 Å². The van der Waals surface area contributed by atoms with E-state index in [0.29, 0.717) is 17.4 Å². The van der Waals surface area contributed by atoms with Gasteiger partial charge in [0.15, 0.2) is 0 Å². The summed E-state index contributed by atoms with van der Waals surface area (Å²) in [5, 5.41) is 3.22. The van der Waals surface area contributed by atoms with Crippen molar-refractivity contribution in [3.05, 3.63) is 12.3 Å². The Labute approximate surface area is 173 Å². The maximum absolute atomic E-state index is 12.3. The molecule has 3 rings (SSSR count). The lowest BCUT2D eigenvalue weighted by Crippen LogP contribution is -2.33. The molecule has 0 heterocycles. The number of ether oxygens (including phenoxy) is 1. The zero-order valence-electron chi connectivity index (χ0n) is 18.3. The molecule has 160 valence electrons. The van der Waals surface area contributed by atoms with Gasteiger partial charge < -0.3 is 10.1 Å². The highest BCUT2D eigenvalue weighted by Gasteiger charge is 2.49. The first-order valence-electron chi connectivity index (χ1n) is 12.1. The van der Waals surface area contributed by atoms with E-state index >= 15 is 0 Å². The van der Waals surface area contributed by atoms with Crippen LogP contribution in [0.3, 0.4) is 0 Å². The Morgan fingerprint density at radius 2 is 1.25 bits per heavy atom. The number of unbranched alkanes of at least 4 members (excludes halogenated alkanes) is 9. The fourth-order valence-electron chi connectivity index (χ4n) is 4.68. The van der Waals surface area contributed by atoms with Crippen molar-refractivity contribution >= 4 is 5.91 Å². The monoisotopic (exact) mass is 389 g/mol. The molecule has 0 aromatic rings. The van der Waals surface area contributed by atoms with Crippen molar-refractivity contribution in [3.63, 3.8) is 0 Å². The van der Waals surface area contributed by atoms with Gasteiger partial charge in [-0.25, -0.2) is 0 Å². The summed E-state index contributed by atoms with van der Waals surface area (Å²) in [6.45, 7) is 4.07. The molecular weight excluding hydrogens is 346 g/mol. The molecule has 0 radical (unpaired) electrons. The highest BCUT2D eigenvalue weighted by Crippen LogP contribution is 2.55. The second-order valence-electron chi connectivity index (χ2n) is 9.97. The first kappa shape index (κ1) is 21.7. The minimum Gasteiger partial charge on any atom is -0.501 e. The van der Waals surface area contributed by atoms with Gasteiger partial charge in [0.1, 0.15) is 0 Å². The average molecular weight is 390 g/mol. The lowest BCUT2D eigenvalue weighted by atomic mass is 9.95. The summed E-state index contributed by atoms with van der Waals surface area (Å²) >= 11 is 0. The smallest absolute Gasteiger partial charge is 0.226 e. The predicted octanol–water partition coefficient (Wildman–Crippen LogP) is 6.67. The molecule has 3 nitrogen and oxygen atoms in total. The minimum atomic E-state index is 0.0528. The van der Waals surface area contributed by atoms with Gasteiger partial charge in [0.05, 0.1) is 12.9 Å². The molecule has 1 amide bonds. The van der Waals surface area contributed by atoms with Crippen LogP contribution in [0.2, 0.25) is 0 Å². The van der Waals surface area contributed by atoms with E-state index < -0.39 is 0 Å². The van der Waals surface area contributed by atoms with Gasteiger partial charge in [-0.3, -0.25) is 4.79 Å². The molecule has 0 saturated heterocycles. The highest BCUT2D eigenvalue weighted by atomic mass is 16.5. The second-order valence-corrected chi connectivity index (χ2v) is 9.97. The van der Waals surface area contributed by atoms with Crippen LogP contribution in [0.15, 0.2) is 12.3 Å². The van der Waals surface area contributed by atoms with E-state index in [0.717, 1.165) is 25.0 Å². The maximum Gasteiger partial charge on any atom is 0.226 e. The van der Waals surface area contributed by atoms with E-state index in [4.69, 9.17) is 4.74 Å². The van der Waals surface area contributed by atoms with Gasteiger partial charge in [-0.05, 0) is 51.4 Å². The molecule has 3 saturated carbocycles. The third-order valence-electron chi connectivity index (χ3n) is 7.50. The lowest BCUT2D eigenvalue weighted by molar-refractivity contribution is -0.126. The number of amides is 1. The van der Waals surface area contributed by atoms with Gasteiger partial charge in [-0.2, -0.15) is 0 Å². The quantitative estimate of drug-likeness (QED) is 0.223. The van der Waals surface area contributed by atoms with E-state index in [-0.39, 0.29) is 5.41 Å². The Morgan fingerprint density at radius 1 is 0.821 bits per heavy atom. The molecule has 3 aliphatic carbocycles. The molecule has 0 aromatic carbocycles. The van der Waals surface area contributed by atoms with Crippen LogP contribution in [-0.4, -0.2) is 19.1 Å². The van der Waals surface area contributed by atoms with E-state index in [1.165, 1.54) is 96.3 Å². The van der Waals surface area contributed by atoms with Gasteiger partial charge in [0, 0.05) is 16.9 Å². The number of carbonyl (C=O) groups is 1. The van der Waals surface area contributed by atoms with E-state index in [1.54, 1.807) is 7.11 Å². The molecule has 0 spiro atoms. The van der Waals surface area contributed by atoms with Gasteiger partial charge in [-0.1, -0.05) is 70.8 Å². The molecular formula is C25H43NO2. The van der Waals surface area contributed by atoms with Gasteiger partial charge in [0.2, 0.25) is 5.91 Å². The molecule has 0 aromatic heterocycles. The fourth-order valence-corrected chi connectivity index (χ4v) is 4.68. The molecule has 0 aliphatic heterocycles. The molecule has 3 heteroatoms. The third-order valence-corrected chi connectivity index (χ3v) is 7.50. The Hall–Kier alpha value is -0.990. The SMILES string of the molecule is C=C(OC)C1(CCCCCCCCCCCCC2(C(=O)NC3CC3)CC2)CC1. The number of hydrogen-bond acceptors (Lipinski definition) is 2. The molecule has 28 heavy (non-hydrogen) atoms. The molecule has 3 aliphatic rings. The summed E-state index contributed by atoms with van der Waals surface area (Å²) in [6.07, 6.45) is 23.2. The molecule has 0 unspecified atom stereocenters. The highest BCUT2D eigenvalue weighted by molar-refractivity contribution is 5.85. The number of allylic oxidation sites excluding steroid dienone is 1. The van der Waals surface area contributed by atoms with Crippen LogP contribution < -0.4 is 5.32 Å². The van der Waals surface area contributed by atoms with E-state index in [2.05, 4.69) is 11.9 Å². The van der Waals surface area contributed by atoms with Crippen LogP contribution in [0, 0.1) is 10.8 Å². The van der Waals surface area contributed by atoms with Crippen LogP contribution in [0.25, 0.3) is 0 Å². The number of carbonyl (C=O) groups excluding carboxylic acids is 1. The Morgan fingerprint density at radius 3 is 1.64 bits per heavy atom. The first-order chi connectivity index (χ1) is 13.6. The number of hydrogen-bond donors (Lipinski definition) is 1.